The smallest absolute Gasteiger partial charge is 0.243 e. The zero-order valence-corrected chi connectivity index (χ0v) is 16.0. The lowest BCUT2D eigenvalue weighted by Crippen LogP contribution is -2.06. The fourth-order valence-corrected chi connectivity index (χ4v) is 2.81. The number of hydrazone groups is 1. The van der Waals surface area contributed by atoms with E-state index in [1.807, 2.05) is 6.92 Å². The molecule has 0 radical (unpaired) electrons. The first-order valence-electron chi connectivity index (χ1n) is 9.42. The Morgan fingerprint density at radius 2 is 1.56 bits per heavy atom. The molecular formula is C21H30N4. The van der Waals surface area contributed by atoms with E-state index in [-0.39, 0.29) is 0 Å². The predicted molar refractivity (Wildman–Crippen MR) is 106 cm³/mol. The summed E-state index contributed by atoms with van der Waals surface area (Å²) in [5.74, 6) is 0.596. The van der Waals surface area contributed by atoms with E-state index in [0.717, 1.165) is 61.2 Å². The molecule has 4 heteroatoms. The first-order chi connectivity index (χ1) is 12.2. The molecule has 0 aliphatic carbocycles. The molecule has 1 aromatic carbocycles. The molecule has 2 aromatic rings. The van der Waals surface area contributed by atoms with Crippen LogP contribution in [0.5, 0.6) is 0 Å². The van der Waals surface area contributed by atoms with Gasteiger partial charge in [-0.15, -0.1) is 0 Å². The molecule has 4 nitrogen and oxygen atoms in total. The van der Waals surface area contributed by atoms with Crippen molar-refractivity contribution in [2.24, 2.45) is 5.10 Å². The van der Waals surface area contributed by atoms with Gasteiger partial charge in [-0.3, -0.25) is 0 Å². The minimum absolute atomic E-state index is 0.596. The van der Waals surface area contributed by atoms with Gasteiger partial charge in [-0.25, -0.2) is 15.4 Å². The molecule has 0 spiro atoms. The van der Waals surface area contributed by atoms with E-state index in [0.29, 0.717) is 5.95 Å². The number of rotatable bonds is 9. The maximum atomic E-state index is 4.59. The van der Waals surface area contributed by atoms with Crippen molar-refractivity contribution in [3.63, 3.8) is 0 Å². The van der Waals surface area contributed by atoms with Crippen LogP contribution in [-0.4, -0.2) is 15.7 Å². The van der Waals surface area contributed by atoms with Crippen LogP contribution in [0.2, 0.25) is 0 Å². The van der Waals surface area contributed by atoms with Gasteiger partial charge < -0.3 is 0 Å². The molecule has 0 aliphatic heterocycles. The molecule has 25 heavy (non-hydrogen) atoms. The number of anilines is 1. The van der Waals surface area contributed by atoms with Crippen LogP contribution in [0, 0.1) is 0 Å². The van der Waals surface area contributed by atoms with E-state index in [1.54, 1.807) is 0 Å². The Hall–Kier alpha value is -2.23. The van der Waals surface area contributed by atoms with E-state index in [1.165, 1.54) is 5.56 Å². The molecule has 0 amide bonds. The monoisotopic (exact) mass is 338 g/mol. The van der Waals surface area contributed by atoms with E-state index < -0.39 is 0 Å². The summed E-state index contributed by atoms with van der Waals surface area (Å²) in [5, 5.41) is 4.51. The maximum Gasteiger partial charge on any atom is 0.243 e. The van der Waals surface area contributed by atoms with Gasteiger partial charge in [0.15, 0.2) is 0 Å². The zero-order chi connectivity index (χ0) is 18.1. The van der Waals surface area contributed by atoms with Gasteiger partial charge in [0.1, 0.15) is 0 Å². The summed E-state index contributed by atoms with van der Waals surface area (Å²) in [4.78, 5) is 9.18. The van der Waals surface area contributed by atoms with Gasteiger partial charge in [0.25, 0.3) is 0 Å². The lowest BCUT2D eigenvalue weighted by atomic mass is 10.0. The second-order valence-corrected chi connectivity index (χ2v) is 6.43. The molecular weight excluding hydrogens is 308 g/mol. The number of hydrogen-bond acceptors (Lipinski definition) is 4. The summed E-state index contributed by atoms with van der Waals surface area (Å²) in [7, 11) is 0. The van der Waals surface area contributed by atoms with Crippen LogP contribution in [-0.2, 0) is 19.3 Å². The van der Waals surface area contributed by atoms with Gasteiger partial charge >= 0.3 is 0 Å². The average molecular weight is 338 g/mol. The van der Waals surface area contributed by atoms with Crippen molar-refractivity contribution in [2.75, 3.05) is 5.43 Å². The maximum absolute atomic E-state index is 4.59. The number of aryl methyl sites for hydroxylation is 3. The number of benzene rings is 1. The third-order valence-corrected chi connectivity index (χ3v) is 4.05. The molecule has 0 aliphatic rings. The average Bonchev–Trinajstić information content (AvgIpc) is 2.61. The summed E-state index contributed by atoms with van der Waals surface area (Å²) in [6, 6.07) is 10.7. The topological polar surface area (TPSA) is 50.2 Å². The Morgan fingerprint density at radius 3 is 2.16 bits per heavy atom. The highest BCUT2D eigenvalue weighted by molar-refractivity contribution is 5.99. The number of aromatic nitrogens is 2. The van der Waals surface area contributed by atoms with Gasteiger partial charge in [-0.1, -0.05) is 58.2 Å². The molecule has 134 valence electrons. The molecule has 1 N–H and O–H groups in total. The van der Waals surface area contributed by atoms with Gasteiger partial charge in [-0.05, 0) is 49.4 Å². The highest BCUT2D eigenvalue weighted by atomic mass is 15.4. The zero-order valence-electron chi connectivity index (χ0n) is 16.0. The highest BCUT2D eigenvalue weighted by Crippen LogP contribution is 2.12. The third-order valence-electron chi connectivity index (χ3n) is 4.05. The normalized spacial score (nSPS) is 11.6. The molecule has 0 fully saturated rings. The molecule has 0 saturated heterocycles. The summed E-state index contributed by atoms with van der Waals surface area (Å²) < 4.78 is 0. The van der Waals surface area contributed by atoms with Gasteiger partial charge in [0, 0.05) is 11.4 Å². The SMILES string of the molecule is CCCc1cccc(C(C)=NNc2nc(CCC)cc(CCC)n2)c1. The highest BCUT2D eigenvalue weighted by Gasteiger charge is 2.05. The predicted octanol–water partition coefficient (Wildman–Crippen LogP) is 5.17. The molecule has 0 saturated carbocycles. The second kappa shape index (κ2) is 9.92. The van der Waals surface area contributed by atoms with Crippen molar-refractivity contribution in [2.45, 2.75) is 66.2 Å². The molecule has 2 rings (SSSR count). The summed E-state index contributed by atoms with van der Waals surface area (Å²) >= 11 is 0. The Bertz CT molecular complexity index is 683. The Kier molecular flexibility index (Phi) is 7.58. The molecule has 0 unspecified atom stereocenters. The van der Waals surface area contributed by atoms with E-state index in [9.17, 15) is 0 Å². The van der Waals surface area contributed by atoms with E-state index >= 15 is 0 Å². The minimum atomic E-state index is 0.596. The fraction of sp³-hybridized carbons (Fsp3) is 0.476. The number of nitrogens with zero attached hydrogens (tertiary/aromatic N) is 3. The van der Waals surface area contributed by atoms with E-state index in [4.69, 9.17) is 0 Å². The standard InChI is InChI=1S/C21H30N4/c1-5-9-17-12-8-13-18(14-17)16(4)24-25-21-22-19(10-6-2)15-20(23-21)11-7-3/h8,12-15H,5-7,9-11H2,1-4H3,(H,22,23,25). The van der Waals surface area contributed by atoms with Crippen LogP contribution < -0.4 is 5.43 Å². The largest absolute Gasteiger partial charge is 0.245 e. The quantitative estimate of drug-likeness (QED) is 0.507. The van der Waals surface area contributed by atoms with Crippen molar-refractivity contribution < 1.29 is 0 Å². The van der Waals surface area contributed by atoms with Crippen molar-refractivity contribution >= 4 is 11.7 Å². The van der Waals surface area contributed by atoms with Gasteiger partial charge in [0.2, 0.25) is 5.95 Å². The van der Waals surface area contributed by atoms with Crippen molar-refractivity contribution in [3.05, 3.63) is 52.8 Å². The van der Waals surface area contributed by atoms with Crippen LogP contribution in [0.3, 0.4) is 0 Å². The Labute approximate surface area is 151 Å². The van der Waals surface area contributed by atoms with Crippen LogP contribution in [0.1, 0.15) is 69.5 Å². The third kappa shape index (κ3) is 5.96. The van der Waals surface area contributed by atoms with Crippen LogP contribution in [0.15, 0.2) is 35.4 Å². The molecule has 1 aromatic heterocycles. The summed E-state index contributed by atoms with van der Waals surface area (Å²) in [6.07, 6.45) is 6.33. The summed E-state index contributed by atoms with van der Waals surface area (Å²) in [6.45, 7) is 8.55. The van der Waals surface area contributed by atoms with Crippen molar-refractivity contribution in [1.29, 1.82) is 0 Å². The molecule has 0 bridgehead atoms. The molecule has 0 atom stereocenters. The Morgan fingerprint density at radius 1 is 0.920 bits per heavy atom. The summed E-state index contributed by atoms with van der Waals surface area (Å²) in [5.41, 5.74) is 8.65. The van der Waals surface area contributed by atoms with Gasteiger partial charge in [-0.2, -0.15) is 5.10 Å². The van der Waals surface area contributed by atoms with Crippen molar-refractivity contribution in [3.8, 4) is 0 Å². The Balaban J connectivity index is 2.17. The van der Waals surface area contributed by atoms with Crippen LogP contribution >= 0.6 is 0 Å². The minimum Gasteiger partial charge on any atom is -0.245 e. The lowest BCUT2D eigenvalue weighted by molar-refractivity contribution is 0.830. The van der Waals surface area contributed by atoms with Crippen LogP contribution in [0.4, 0.5) is 5.95 Å². The first kappa shape index (κ1) is 19.1. The van der Waals surface area contributed by atoms with Crippen molar-refractivity contribution in [1.82, 2.24) is 9.97 Å². The molecule has 1 heterocycles. The fourth-order valence-electron chi connectivity index (χ4n) is 2.81. The number of hydrogen-bond donors (Lipinski definition) is 1. The number of nitrogens with one attached hydrogen (secondary N) is 1. The van der Waals surface area contributed by atoms with Crippen LogP contribution in [0.25, 0.3) is 0 Å². The van der Waals surface area contributed by atoms with Gasteiger partial charge in [0.05, 0.1) is 5.71 Å². The van der Waals surface area contributed by atoms with E-state index in [2.05, 4.69) is 71.6 Å². The lowest BCUT2D eigenvalue weighted by Gasteiger charge is -2.08. The second-order valence-electron chi connectivity index (χ2n) is 6.43. The first-order valence-corrected chi connectivity index (χ1v) is 9.42.